The van der Waals surface area contributed by atoms with E-state index in [0.29, 0.717) is 5.91 Å². The van der Waals surface area contributed by atoms with Crippen LogP contribution in [0.4, 0.5) is 0 Å². The van der Waals surface area contributed by atoms with E-state index in [1.165, 1.54) is 5.56 Å². The first kappa shape index (κ1) is 18.2. The molecule has 1 aromatic carbocycles. The molecule has 0 aliphatic carbocycles. The molecule has 2 aliphatic rings. The Labute approximate surface area is 161 Å². The molecule has 1 aromatic heterocycles. The summed E-state index contributed by atoms with van der Waals surface area (Å²) in [5.41, 5.74) is 3.01. The molecule has 144 valence electrons. The lowest BCUT2D eigenvalue weighted by atomic mass is 9.78. The van der Waals surface area contributed by atoms with E-state index in [1.807, 2.05) is 6.07 Å². The van der Waals surface area contributed by atoms with Crippen molar-refractivity contribution in [1.82, 2.24) is 15.0 Å². The number of nitrogens with zero attached hydrogens (tertiary/aromatic N) is 3. The number of carbonyl (C=O) groups excluding carboxylic acids is 1. The van der Waals surface area contributed by atoms with E-state index in [1.54, 1.807) is 0 Å². The molecule has 1 atom stereocenters. The van der Waals surface area contributed by atoms with Crippen molar-refractivity contribution >= 4 is 5.91 Å². The highest BCUT2D eigenvalue weighted by Gasteiger charge is 2.48. The lowest BCUT2D eigenvalue weighted by Crippen LogP contribution is -2.50. The summed E-state index contributed by atoms with van der Waals surface area (Å²) in [5, 5.41) is 4.24. The van der Waals surface area contributed by atoms with Gasteiger partial charge in [-0.15, -0.1) is 0 Å². The number of amides is 1. The van der Waals surface area contributed by atoms with E-state index in [0.717, 1.165) is 75.4 Å². The van der Waals surface area contributed by atoms with Crippen LogP contribution in [-0.4, -0.2) is 47.0 Å². The molecule has 1 spiro atoms. The van der Waals surface area contributed by atoms with Crippen LogP contribution in [0.15, 0.2) is 34.9 Å². The second-order valence-corrected chi connectivity index (χ2v) is 8.18. The Bertz CT molecular complexity index is 796. The minimum absolute atomic E-state index is 0.173. The van der Waals surface area contributed by atoms with Crippen LogP contribution in [0.25, 0.3) is 11.3 Å². The highest BCUT2D eigenvalue weighted by molar-refractivity contribution is 5.84. The third-order valence-corrected chi connectivity index (χ3v) is 6.04. The molecule has 5 heteroatoms. The first-order chi connectivity index (χ1) is 13.1. The van der Waals surface area contributed by atoms with Gasteiger partial charge in [0, 0.05) is 31.3 Å². The lowest BCUT2D eigenvalue weighted by molar-refractivity contribution is -0.145. The summed E-state index contributed by atoms with van der Waals surface area (Å²) in [6, 6.07) is 10.4. The first-order valence-corrected chi connectivity index (χ1v) is 10.1. The molecule has 0 saturated carbocycles. The number of rotatable bonds is 5. The van der Waals surface area contributed by atoms with Gasteiger partial charge in [-0.25, -0.2) is 0 Å². The maximum absolute atomic E-state index is 13.0. The first-order valence-electron chi connectivity index (χ1n) is 10.1. The second-order valence-electron chi connectivity index (χ2n) is 8.18. The molecule has 0 bridgehead atoms. The Morgan fingerprint density at radius 1 is 1.19 bits per heavy atom. The molecule has 2 saturated heterocycles. The van der Waals surface area contributed by atoms with Gasteiger partial charge in [0.2, 0.25) is 5.91 Å². The van der Waals surface area contributed by atoms with Crippen molar-refractivity contribution in [1.29, 1.82) is 0 Å². The zero-order valence-corrected chi connectivity index (χ0v) is 16.4. The number of hydrogen-bond acceptors (Lipinski definition) is 4. The Morgan fingerprint density at radius 3 is 2.78 bits per heavy atom. The van der Waals surface area contributed by atoms with Crippen molar-refractivity contribution in [2.45, 2.75) is 46.1 Å². The number of piperidine rings is 1. The number of aromatic nitrogens is 1. The molecule has 2 aromatic rings. The van der Waals surface area contributed by atoms with Gasteiger partial charge in [0.1, 0.15) is 5.69 Å². The van der Waals surface area contributed by atoms with Crippen molar-refractivity contribution in [3.05, 3.63) is 41.7 Å². The van der Waals surface area contributed by atoms with E-state index >= 15 is 0 Å². The molecular formula is C22H29N3O2. The minimum Gasteiger partial charge on any atom is -0.359 e. The van der Waals surface area contributed by atoms with Crippen LogP contribution >= 0.6 is 0 Å². The Hall–Kier alpha value is -2.14. The fourth-order valence-electron chi connectivity index (χ4n) is 4.58. The molecule has 1 unspecified atom stereocenters. The van der Waals surface area contributed by atoms with Crippen LogP contribution in [-0.2, 0) is 11.3 Å². The molecule has 0 radical (unpaired) electrons. The van der Waals surface area contributed by atoms with Gasteiger partial charge in [-0.3, -0.25) is 9.69 Å². The number of aryl methyl sites for hydroxylation is 1. The quantitative estimate of drug-likeness (QED) is 0.805. The summed E-state index contributed by atoms with van der Waals surface area (Å²) in [7, 11) is 0. The molecule has 27 heavy (non-hydrogen) atoms. The predicted molar refractivity (Wildman–Crippen MR) is 105 cm³/mol. The zero-order chi connectivity index (χ0) is 18.9. The summed E-state index contributed by atoms with van der Waals surface area (Å²) < 4.78 is 5.59. The standard InChI is InChI=1S/C22H29N3O2/c1-3-11-25-12-4-9-22(21(25)26)10-13-24(16-22)15-19-14-20(23-27-19)18-7-5-17(2)6-8-18/h5-8,14H,3-4,9-13,15-16H2,1-2H3. The molecular weight excluding hydrogens is 338 g/mol. The van der Waals surface area contributed by atoms with E-state index in [4.69, 9.17) is 4.52 Å². The van der Waals surface area contributed by atoms with Gasteiger partial charge in [-0.05, 0) is 39.2 Å². The zero-order valence-electron chi connectivity index (χ0n) is 16.4. The number of benzene rings is 1. The van der Waals surface area contributed by atoms with Crippen LogP contribution in [0.2, 0.25) is 0 Å². The third kappa shape index (κ3) is 3.65. The van der Waals surface area contributed by atoms with Gasteiger partial charge in [0.15, 0.2) is 5.76 Å². The fourth-order valence-corrected chi connectivity index (χ4v) is 4.58. The molecule has 2 aliphatic heterocycles. The summed E-state index contributed by atoms with van der Waals surface area (Å²) >= 11 is 0. The third-order valence-electron chi connectivity index (χ3n) is 6.04. The van der Waals surface area contributed by atoms with Gasteiger partial charge in [-0.2, -0.15) is 0 Å². The maximum atomic E-state index is 13.0. The summed E-state index contributed by atoms with van der Waals surface area (Å²) in [6.07, 6.45) is 4.14. The summed E-state index contributed by atoms with van der Waals surface area (Å²) in [5.74, 6) is 1.24. The smallest absolute Gasteiger partial charge is 0.230 e. The lowest BCUT2D eigenvalue weighted by Gasteiger charge is -2.39. The van der Waals surface area contributed by atoms with Crippen LogP contribution in [0.3, 0.4) is 0 Å². The molecule has 3 heterocycles. The normalized spacial score (nSPS) is 23.5. The highest BCUT2D eigenvalue weighted by Crippen LogP contribution is 2.40. The van der Waals surface area contributed by atoms with Crippen LogP contribution in [0.1, 0.15) is 43.9 Å². The highest BCUT2D eigenvalue weighted by atomic mass is 16.5. The molecule has 0 N–H and O–H groups in total. The summed E-state index contributed by atoms with van der Waals surface area (Å²) in [6.45, 7) is 8.56. The van der Waals surface area contributed by atoms with Gasteiger partial charge in [0.25, 0.3) is 0 Å². The molecule has 2 fully saturated rings. The van der Waals surface area contributed by atoms with Crippen LogP contribution < -0.4 is 0 Å². The minimum atomic E-state index is -0.173. The van der Waals surface area contributed by atoms with Crippen molar-refractivity contribution < 1.29 is 9.32 Å². The van der Waals surface area contributed by atoms with Gasteiger partial charge in [0.05, 0.1) is 12.0 Å². The van der Waals surface area contributed by atoms with Gasteiger partial charge < -0.3 is 9.42 Å². The SMILES string of the molecule is CCCN1CCCC2(CCN(Cc3cc(-c4ccc(C)cc4)no3)C2)C1=O. The van der Waals surface area contributed by atoms with E-state index in [-0.39, 0.29) is 5.41 Å². The van der Waals surface area contributed by atoms with E-state index in [9.17, 15) is 4.79 Å². The van der Waals surface area contributed by atoms with Crippen LogP contribution in [0, 0.1) is 12.3 Å². The topological polar surface area (TPSA) is 49.6 Å². The van der Waals surface area contributed by atoms with E-state index < -0.39 is 0 Å². The van der Waals surface area contributed by atoms with Crippen LogP contribution in [0.5, 0.6) is 0 Å². The fraction of sp³-hybridized carbons (Fsp3) is 0.545. The second kappa shape index (κ2) is 7.47. The Balaban J connectivity index is 1.41. The van der Waals surface area contributed by atoms with Crippen molar-refractivity contribution in [2.75, 3.05) is 26.2 Å². The molecule has 1 amide bonds. The Kier molecular flexibility index (Phi) is 5.04. The summed E-state index contributed by atoms with van der Waals surface area (Å²) in [4.78, 5) is 17.5. The molecule has 4 rings (SSSR count). The van der Waals surface area contributed by atoms with Crippen molar-refractivity contribution in [2.24, 2.45) is 5.41 Å². The van der Waals surface area contributed by atoms with Crippen molar-refractivity contribution in [3.8, 4) is 11.3 Å². The average Bonchev–Trinajstić information content (AvgIpc) is 3.29. The largest absolute Gasteiger partial charge is 0.359 e. The van der Waals surface area contributed by atoms with Gasteiger partial charge in [-0.1, -0.05) is 41.9 Å². The molecule has 5 nitrogen and oxygen atoms in total. The van der Waals surface area contributed by atoms with Gasteiger partial charge >= 0.3 is 0 Å². The number of carbonyl (C=O) groups is 1. The Morgan fingerprint density at radius 2 is 2.00 bits per heavy atom. The number of likely N-dealkylation sites (tertiary alicyclic amines) is 2. The average molecular weight is 367 g/mol. The predicted octanol–water partition coefficient (Wildman–Crippen LogP) is 3.87. The van der Waals surface area contributed by atoms with E-state index in [2.05, 4.69) is 53.1 Å². The number of hydrogen-bond donors (Lipinski definition) is 0. The van der Waals surface area contributed by atoms with Crippen molar-refractivity contribution in [3.63, 3.8) is 0 Å². The maximum Gasteiger partial charge on any atom is 0.230 e. The monoisotopic (exact) mass is 367 g/mol.